The third-order valence-electron chi connectivity index (χ3n) is 3.26. The Kier molecular flexibility index (Phi) is 3.61. The number of H-pyrrole nitrogens is 1. The molecule has 98 valence electrons. The third kappa shape index (κ3) is 2.51. The first-order chi connectivity index (χ1) is 8.61. The predicted molar refractivity (Wildman–Crippen MR) is 63.2 cm³/mol. The number of piperidine rings is 1. The monoisotopic (exact) mass is 253 g/mol. The van der Waals surface area contributed by atoms with Gasteiger partial charge in [0.25, 0.3) is 5.91 Å². The SMILES string of the molecule is O=C(c1ccc([N+](=O)[O-])[nH]1)N1CCC(CO)CC1. The molecule has 0 aliphatic carbocycles. The minimum absolute atomic E-state index is 0.149. The van der Waals surface area contributed by atoms with Crippen LogP contribution in [0.15, 0.2) is 12.1 Å². The van der Waals surface area contributed by atoms with Gasteiger partial charge in [-0.05, 0) is 29.7 Å². The minimum atomic E-state index is -0.561. The van der Waals surface area contributed by atoms with Crippen LogP contribution in [0.2, 0.25) is 0 Å². The zero-order valence-electron chi connectivity index (χ0n) is 9.83. The van der Waals surface area contributed by atoms with E-state index in [9.17, 15) is 14.9 Å². The average Bonchev–Trinajstić information content (AvgIpc) is 2.88. The van der Waals surface area contributed by atoms with E-state index < -0.39 is 4.92 Å². The first-order valence-electron chi connectivity index (χ1n) is 5.85. The van der Waals surface area contributed by atoms with E-state index in [1.54, 1.807) is 4.90 Å². The Morgan fingerprint density at radius 3 is 2.67 bits per heavy atom. The second-order valence-electron chi connectivity index (χ2n) is 4.43. The van der Waals surface area contributed by atoms with Gasteiger partial charge in [-0.15, -0.1) is 0 Å². The zero-order valence-corrected chi connectivity index (χ0v) is 9.83. The molecule has 1 amide bonds. The lowest BCUT2D eigenvalue weighted by Gasteiger charge is -2.30. The number of nitrogens with one attached hydrogen (secondary N) is 1. The number of carbonyl (C=O) groups excluding carboxylic acids is 1. The number of nitro groups is 1. The molecule has 2 N–H and O–H groups in total. The molecule has 1 aliphatic heterocycles. The largest absolute Gasteiger partial charge is 0.396 e. The molecule has 1 aromatic heterocycles. The van der Waals surface area contributed by atoms with Crippen LogP contribution < -0.4 is 0 Å². The number of amides is 1. The standard InChI is InChI=1S/C11H15N3O4/c15-7-8-3-5-13(6-4-8)11(16)9-1-2-10(12-9)14(17)18/h1-2,8,12,15H,3-7H2. The van der Waals surface area contributed by atoms with Crippen LogP contribution in [0.25, 0.3) is 0 Å². The average molecular weight is 253 g/mol. The summed E-state index contributed by atoms with van der Waals surface area (Å²) in [6, 6.07) is 2.71. The van der Waals surface area contributed by atoms with Crippen LogP contribution in [0.5, 0.6) is 0 Å². The topological polar surface area (TPSA) is 99.5 Å². The minimum Gasteiger partial charge on any atom is -0.396 e. The summed E-state index contributed by atoms with van der Waals surface area (Å²) in [6.45, 7) is 1.31. The van der Waals surface area contributed by atoms with Gasteiger partial charge in [-0.25, -0.2) is 4.98 Å². The molecule has 0 atom stereocenters. The molecule has 1 fully saturated rings. The van der Waals surface area contributed by atoms with Crippen molar-refractivity contribution in [3.05, 3.63) is 27.9 Å². The Morgan fingerprint density at radius 1 is 1.50 bits per heavy atom. The van der Waals surface area contributed by atoms with Gasteiger partial charge in [-0.3, -0.25) is 4.79 Å². The summed E-state index contributed by atoms with van der Waals surface area (Å²) < 4.78 is 0. The van der Waals surface area contributed by atoms with Gasteiger partial charge < -0.3 is 20.1 Å². The normalized spacial score (nSPS) is 16.8. The van der Waals surface area contributed by atoms with E-state index in [1.807, 2.05) is 0 Å². The van der Waals surface area contributed by atoms with Crippen LogP contribution in [0.3, 0.4) is 0 Å². The number of nitrogens with zero attached hydrogens (tertiary/aromatic N) is 2. The second-order valence-corrected chi connectivity index (χ2v) is 4.43. The number of aliphatic hydroxyl groups is 1. The Bertz CT molecular complexity index is 449. The Morgan fingerprint density at radius 2 is 2.17 bits per heavy atom. The number of hydrogen-bond donors (Lipinski definition) is 2. The molecule has 2 heterocycles. The van der Waals surface area contributed by atoms with Crippen molar-refractivity contribution in [1.82, 2.24) is 9.88 Å². The van der Waals surface area contributed by atoms with Crippen LogP contribution >= 0.6 is 0 Å². The Hall–Kier alpha value is -1.89. The summed E-state index contributed by atoms with van der Waals surface area (Å²) in [7, 11) is 0. The maximum Gasteiger partial charge on any atom is 0.321 e. The molecule has 0 aromatic carbocycles. The summed E-state index contributed by atoms with van der Waals surface area (Å²) in [5, 5.41) is 19.5. The Balaban J connectivity index is 2.01. The van der Waals surface area contributed by atoms with Crippen molar-refractivity contribution in [2.24, 2.45) is 5.92 Å². The molecule has 7 heteroatoms. The van der Waals surface area contributed by atoms with Crippen molar-refractivity contribution in [2.75, 3.05) is 19.7 Å². The highest BCUT2D eigenvalue weighted by Crippen LogP contribution is 2.19. The molecule has 0 saturated carbocycles. The number of aromatic amines is 1. The highest BCUT2D eigenvalue weighted by atomic mass is 16.6. The summed E-state index contributed by atoms with van der Waals surface area (Å²) in [6.07, 6.45) is 1.54. The van der Waals surface area contributed by atoms with Crippen molar-refractivity contribution < 1.29 is 14.8 Å². The molecular weight excluding hydrogens is 238 g/mol. The number of rotatable bonds is 3. The number of hydrogen-bond acceptors (Lipinski definition) is 4. The number of carbonyl (C=O) groups is 1. The van der Waals surface area contributed by atoms with Crippen LogP contribution in [0, 0.1) is 16.0 Å². The molecule has 18 heavy (non-hydrogen) atoms. The highest BCUT2D eigenvalue weighted by Gasteiger charge is 2.26. The lowest BCUT2D eigenvalue weighted by Crippen LogP contribution is -2.39. The molecule has 0 bridgehead atoms. The lowest BCUT2D eigenvalue weighted by molar-refractivity contribution is -0.389. The summed E-state index contributed by atoms with van der Waals surface area (Å²) in [5.74, 6) is -0.143. The van der Waals surface area contributed by atoms with Crippen LogP contribution in [0.4, 0.5) is 5.82 Å². The highest BCUT2D eigenvalue weighted by molar-refractivity contribution is 5.92. The molecule has 1 aliphatic rings. The molecule has 7 nitrogen and oxygen atoms in total. The van der Waals surface area contributed by atoms with E-state index in [1.165, 1.54) is 12.1 Å². The van der Waals surface area contributed by atoms with E-state index in [0.717, 1.165) is 12.8 Å². The van der Waals surface area contributed by atoms with Gasteiger partial charge in [0.05, 0.1) is 0 Å². The summed E-state index contributed by atoms with van der Waals surface area (Å²) >= 11 is 0. The molecule has 2 rings (SSSR count). The third-order valence-corrected chi connectivity index (χ3v) is 3.26. The molecule has 1 aromatic rings. The van der Waals surface area contributed by atoms with E-state index in [4.69, 9.17) is 5.11 Å². The smallest absolute Gasteiger partial charge is 0.321 e. The van der Waals surface area contributed by atoms with Crippen LogP contribution in [0.1, 0.15) is 23.3 Å². The van der Waals surface area contributed by atoms with Crippen LogP contribution in [-0.4, -0.2) is 45.5 Å². The number of aromatic nitrogens is 1. The van der Waals surface area contributed by atoms with Gasteiger partial charge in [0.15, 0.2) is 5.69 Å². The van der Waals surface area contributed by atoms with Crippen molar-refractivity contribution in [2.45, 2.75) is 12.8 Å². The lowest BCUT2D eigenvalue weighted by atomic mass is 9.98. The fraction of sp³-hybridized carbons (Fsp3) is 0.545. The van der Waals surface area contributed by atoms with Gasteiger partial charge >= 0.3 is 5.82 Å². The number of likely N-dealkylation sites (tertiary alicyclic amines) is 1. The van der Waals surface area contributed by atoms with Gasteiger partial charge in [0.2, 0.25) is 0 Å². The Labute approximate surface area is 104 Å². The molecule has 0 spiro atoms. The predicted octanol–water partition coefficient (Wildman–Crippen LogP) is 0.767. The molecule has 0 unspecified atom stereocenters. The van der Waals surface area contributed by atoms with Crippen molar-refractivity contribution in [1.29, 1.82) is 0 Å². The van der Waals surface area contributed by atoms with Crippen molar-refractivity contribution in [3.8, 4) is 0 Å². The van der Waals surface area contributed by atoms with E-state index in [2.05, 4.69) is 4.98 Å². The first kappa shape index (κ1) is 12.6. The summed E-state index contributed by atoms with van der Waals surface area (Å²) in [5.41, 5.74) is 0.240. The van der Waals surface area contributed by atoms with E-state index in [0.29, 0.717) is 13.1 Å². The van der Waals surface area contributed by atoms with Gasteiger partial charge in [0, 0.05) is 25.8 Å². The second kappa shape index (κ2) is 5.18. The summed E-state index contributed by atoms with van der Waals surface area (Å²) in [4.78, 5) is 26.1. The quantitative estimate of drug-likeness (QED) is 0.613. The fourth-order valence-corrected chi connectivity index (χ4v) is 2.10. The molecule has 0 radical (unpaired) electrons. The van der Waals surface area contributed by atoms with Crippen molar-refractivity contribution in [3.63, 3.8) is 0 Å². The number of aliphatic hydroxyl groups excluding tert-OH is 1. The van der Waals surface area contributed by atoms with E-state index in [-0.39, 0.29) is 29.9 Å². The van der Waals surface area contributed by atoms with Gasteiger partial charge in [0.1, 0.15) is 0 Å². The maximum absolute atomic E-state index is 12.0. The molecular formula is C11H15N3O4. The van der Waals surface area contributed by atoms with Gasteiger partial charge in [-0.1, -0.05) is 0 Å². The first-order valence-corrected chi connectivity index (χ1v) is 5.85. The van der Waals surface area contributed by atoms with Crippen molar-refractivity contribution >= 4 is 11.7 Å². The van der Waals surface area contributed by atoms with E-state index >= 15 is 0 Å². The zero-order chi connectivity index (χ0) is 13.1. The van der Waals surface area contributed by atoms with Gasteiger partial charge in [-0.2, -0.15) is 0 Å². The van der Waals surface area contributed by atoms with Crippen LogP contribution in [-0.2, 0) is 0 Å². The molecule has 1 saturated heterocycles. The maximum atomic E-state index is 12.0. The fourth-order valence-electron chi connectivity index (χ4n) is 2.10.